The van der Waals surface area contributed by atoms with E-state index in [4.69, 9.17) is 18.6 Å². The number of anilines is 1. The molecule has 0 aliphatic carbocycles. The summed E-state index contributed by atoms with van der Waals surface area (Å²) in [5.74, 6) is 1.57. The molecule has 0 aliphatic rings. The topological polar surface area (TPSA) is 95.7 Å². The zero-order chi connectivity index (χ0) is 21.1. The predicted molar refractivity (Wildman–Crippen MR) is 111 cm³/mol. The van der Waals surface area contributed by atoms with Crippen molar-refractivity contribution in [2.24, 2.45) is 0 Å². The number of hydrogen-bond donors (Lipinski definition) is 1. The van der Waals surface area contributed by atoms with Gasteiger partial charge in [-0.1, -0.05) is 0 Å². The number of carbonyl (C=O) groups excluding carboxylic acids is 1. The number of hydrogen-bond acceptors (Lipinski definition) is 7. The van der Waals surface area contributed by atoms with E-state index in [-0.39, 0.29) is 5.91 Å². The number of rotatable bonds is 6. The number of fused-ring (bicyclic) bond motifs is 1. The Morgan fingerprint density at radius 1 is 0.967 bits per heavy atom. The molecule has 0 atom stereocenters. The third-order valence-corrected chi connectivity index (χ3v) is 4.47. The summed E-state index contributed by atoms with van der Waals surface area (Å²) in [6.45, 7) is 0. The van der Waals surface area contributed by atoms with E-state index >= 15 is 0 Å². The maximum atomic E-state index is 12.9. The Kier molecular flexibility index (Phi) is 5.21. The SMILES string of the molecule is COc1cc(OC)cc(C(=O)Nc2cc(-c3nc4ncccc4o3)ccc2OC)c1. The Labute approximate surface area is 172 Å². The van der Waals surface area contributed by atoms with Gasteiger partial charge in [-0.2, -0.15) is 4.98 Å². The van der Waals surface area contributed by atoms with Crippen molar-refractivity contribution in [1.82, 2.24) is 9.97 Å². The van der Waals surface area contributed by atoms with Gasteiger partial charge in [0.15, 0.2) is 11.2 Å². The van der Waals surface area contributed by atoms with Crippen LogP contribution in [0.5, 0.6) is 17.2 Å². The number of nitrogens with zero attached hydrogens (tertiary/aromatic N) is 2. The number of carbonyl (C=O) groups is 1. The van der Waals surface area contributed by atoms with Crippen LogP contribution in [-0.2, 0) is 0 Å². The molecule has 0 spiro atoms. The molecule has 1 N–H and O–H groups in total. The normalized spacial score (nSPS) is 10.6. The Morgan fingerprint density at radius 3 is 2.40 bits per heavy atom. The first-order chi connectivity index (χ1) is 14.6. The molecule has 0 saturated heterocycles. The van der Waals surface area contributed by atoms with E-state index < -0.39 is 0 Å². The monoisotopic (exact) mass is 405 g/mol. The van der Waals surface area contributed by atoms with Gasteiger partial charge in [-0.3, -0.25) is 4.79 Å². The summed E-state index contributed by atoms with van der Waals surface area (Å²) in [6.07, 6.45) is 1.65. The van der Waals surface area contributed by atoms with E-state index in [2.05, 4.69) is 15.3 Å². The van der Waals surface area contributed by atoms with Crippen molar-refractivity contribution >= 4 is 22.8 Å². The molecule has 8 nitrogen and oxygen atoms in total. The number of methoxy groups -OCH3 is 3. The number of ether oxygens (including phenoxy) is 3. The van der Waals surface area contributed by atoms with Gasteiger partial charge in [0.1, 0.15) is 17.2 Å². The van der Waals surface area contributed by atoms with Crippen LogP contribution in [-0.4, -0.2) is 37.2 Å². The predicted octanol–water partition coefficient (Wildman–Crippen LogP) is 4.17. The minimum absolute atomic E-state index is 0.345. The lowest BCUT2D eigenvalue weighted by molar-refractivity contribution is 0.102. The number of oxazole rings is 1. The molecule has 0 saturated carbocycles. The smallest absolute Gasteiger partial charge is 0.256 e. The Balaban J connectivity index is 1.68. The molecule has 0 fully saturated rings. The van der Waals surface area contributed by atoms with Crippen molar-refractivity contribution in [3.63, 3.8) is 0 Å². The molecule has 2 aromatic carbocycles. The lowest BCUT2D eigenvalue weighted by Crippen LogP contribution is -2.13. The minimum atomic E-state index is -0.345. The van der Waals surface area contributed by atoms with E-state index in [1.807, 2.05) is 0 Å². The molecule has 8 heteroatoms. The van der Waals surface area contributed by atoms with Gasteiger partial charge >= 0.3 is 0 Å². The van der Waals surface area contributed by atoms with Crippen LogP contribution >= 0.6 is 0 Å². The fraction of sp³-hybridized carbons (Fsp3) is 0.136. The van der Waals surface area contributed by atoms with Crippen LogP contribution < -0.4 is 19.5 Å². The van der Waals surface area contributed by atoms with Gasteiger partial charge in [0.25, 0.3) is 5.91 Å². The maximum Gasteiger partial charge on any atom is 0.256 e. The van der Waals surface area contributed by atoms with Crippen molar-refractivity contribution in [3.05, 3.63) is 60.3 Å². The number of pyridine rings is 1. The highest BCUT2D eigenvalue weighted by atomic mass is 16.5. The second-order valence-electron chi connectivity index (χ2n) is 6.31. The summed E-state index contributed by atoms with van der Waals surface area (Å²) in [5, 5.41) is 2.86. The van der Waals surface area contributed by atoms with Crippen LogP contribution in [0, 0.1) is 0 Å². The molecular formula is C22H19N3O5. The number of aromatic nitrogens is 2. The van der Waals surface area contributed by atoms with Gasteiger partial charge in [0.2, 0.25) is 5.89 Å². The van der Waals surface area contributed by atoms with Crippen LogP contribution in [0.3, 0.4) is 0 Å². The van der Waals surface area contributed by atoms with Gasteiger partial charge in [-0.05, 0) is 42.5 Å². The van der Waals surface area contributed by atoms with E-state index in [0.717, 1.165) is 0 Å². The van der Waals surface area contributed by atoms with Crippen LogP contribution in [0.1, 0.15) is 10.4 Å². The highest BCUT2D eigenvalue weighted by molar-refractivity contribution is 6.05. The number of benzene rings is 2. The molecule has 0 bridgehead atoms. The van der Waals surface area contributed by atoms with Crippen molar-refractivity contribution in [1.29, 1.82) is 0 Å². The van der Waals surface area contributed by atoms with E-state index in [9.17, 15) is 4.79 Å². The lowest BCUT2D eigenvalue weighted by atomic mass is 10.1. The summed E-state index contributed by atoms with van der Waals surface area (Å²) in [7, 11) is 4.58. The van der Waals surface area contributed by atoms with Crippen LogP contribution in [0.15, 0.2) is 59.1 Å². The second kappa shape index (κ2) is 8.12. The molecular weight excluding hydrogens is 386 g/mol. The minimum Gasteiger partial charge on any atom is -0.497 e. The standard InChI is InChI=1S/C22H19N3O5/c1-27-15-9-14(10-16(12-15)28-2)21(26)24-17-11-13(6-7-18(17)29-3)22-25-20-19(30-22)5-4-8-23-20/h4-12H,1-3H3,(H,24,26). The molecule has 0 radical (unpaired) electrons. The molecule has 4 rings (SSSR count). The molecule has 2 aromatic heterocycles. The largest absolute Gasteiger partial charge is 0.497 e. The lowest BCUT2D eigenvalue weighted by Gasteiger charge is -2.12. The van der Waals surface area contributed by atoms with Crippen molar-refractivity contribution < 1.29 is 23.4 Å². The summed E-state index contributed by atoms with van der Waals surface area (Å²) >= 11 is 0. The molecule has 0 aliphatic heterocycles. The Hall–Kier alpha value is -4.07. The zero-order valence-electron chi connectivity index (χ0n) is 16.6. The third-order valence-electron chi connectivity index (χ3n) is 4.47. The highest BCUT2D eigenvalue weighted by Gasteiger charge is 2.16. The van der Waals surface area contributed by atoms with Gasteiger partial charge < -0.3 is 23.9 Å². The molecule has 30 heavy (non-hydrogen) atoms. The van der Waals surface area contributed by atoms with Gasteiger partial charge in [0, 0.05) is 23.4 Å². The summed E-state index contributed by atoms with van der Waals surface area (Å²) in [4.78, 5) is 21.5. The van der Waals surface area contributed by atoms with Crippen molar-refractivity contribution in [2.75, 3.05) is 26.6 Å². The summed E-state index contributed by atoms with van der Waals surface area (Å²) in [5.41, 5.74) is 2.61. The molecule has 2 heterocycles. The van der Waals surface area contributed by atoms with Crippen molar-refractivity contribution in [2.45, 2.75) is 0 Å². The number of nitrogens with one attached hydrogen (secondary N) is 1. The molecule has 1 amide bonds. The Morgan fingerprint density at radius 2 is 1.73 bits per heavy atom. The highest BCUT2D eigenvalue weighted by Crippen LogP contribution is 2.32. The second-order valence-corrected chi connectivity index (χ2v) is 6.31. The molecule has 0 unspecified atom stereocenters. The summed E-state index contributed by atoms with van der Waals surface area (Å²) in [6, 6.07) is 13.8. The zero-order valence-corrected chi connectivity index (χ0v) is 16.6. The molecule has 152 valence electrons. The van der Waals surface area contributed by atoms with E-state index in [0.29, 0.717) is 51.2 Å². The first-order valence-corrected chi connectivity index (χ1v) is 9.05. The fourth-order valence-electron chi connectivity index (χ4n) is 2.96. The van der Waals surface area contributed by atoms with Crippen LogP contribution in [0.4, 0.5) is 5.69 Å². The first-order valence-electron chi connectivity index (χ1n) is 9.05. The quantitative estimate of drug-likeness (QED) is 0.514. The first kappa shape index (κ1) is 19.3. The van der Waals surface area contributed by atoms with Crippen LogP contribution in [0.2, 0.25) is 0 Å². The van der Waals surface area contributed by atoms with Gasteiger partial charge in [0.05, 0.1) is 27.0 Å². The van der Waals surface area contributed by atoms with E-state index in [1.165, 1.54) is 21.3 Å². The third kappa shape index (κ3) is 3.75. The van der Waals surface area contributed by atoms with Crippen molar-refractivity contribution in [3.8, 4) is 28.7 Å². The number of amides is 1. The van der Waals surface area contributed by atoms with E-state index in [1.54, 1.807) is 54.7 Å². The summed E-state index contributed by atoms with van der Waals surface area (Å²) < 4.78 is 21.6. The van der Waals surface area contributed by atoms with Gasteiger partial charge in [-0.15, -0.1) is 0 Å². The van der Waals surface area contributed by atoms with Gasteiger partial charge in [-0.25, -0.2) is 4.98 Å². The average molecular weight is 405 g/mol. The molecule has 4 aromatic rings. The van der Waals surface area contributed by atoms with Crippen LogP contribution in [0.25, 0.3) is 22.7 Å². The fourth-order valence-corrected chi connectivity index (χ4v) is 2.96. The Bertz CT molecular complexity index is 1160. The maximum absolute atomic E-state index is 12.9. The average Bonchev–Trinajstić information content (AvgIpc) is 3.23.